The number of hydrogen-bond donors (Lipinski definition) is 1. The molecule has 0 aliphatic heterocycles. The van der Waals surface area contributed by atoms with Crippen molar-refractivity contribution >= 4 is 21.7 Å². The first kappa shape index (κ1) is 13.7. The Labute approximate surface area is 115 Å². The Bertz CT molecular complexity index is 585. The van der Waals surface area contributed by atoms with Gasteiger partial charge in [0.15, 0.2) is 11.6 Å². The van der Waals surface area contributed by atoms with Gasteiger partial charge in [-0.25, -0.2) is 4.98 Å². The number of pyridine rings is 1. The van der Waals surface area contributed by atoms with E-state index in [-0.39, 0.29) is 17.3 Å². The summed E-state index contributed by atoms with van der Waals surface area (Å²) in [5.41, 5.74) is 4.86. The molecule has 3 nitrogen and oxygen atoms in total. The summed E-state index contributed by atoms with van der Waals surface area (Å²) in [6, 6.07) is 5.92. The molecule has 0 fully saturated rings. The second kappa shape index (κ2) is 5.08. The fourth-order valence-corrected chi connectivity index (χ4v) is 1.66. The first-order valence-electron chi connectivity index (χ1n) is 5.12. The Morgan fingerprint density at radius 1 is 1.16 bits per heavy atom. The Balaban J connectivity index is 2.22. The van der Waals surface area contributed by atoms with Crippen LogP contribution in [-0.4, -0.2) is 4.98 Å². The SMILES string of the molecule is Nc1ncc(Br)cc1Oc1ccc(C(F)(F)F)cc1. The summed E-state index contributed by atoms with van der Waals surface area (Å²) in [5, 5.41) is 0. The number of anilines is 1. The topological polar surface area (TPSA) is 48.1 Å². The van der Waals surface area contributed by atoms with Gasteiger partial charge in [-0.3, -0.25) is 0 Å². The summed E-state index contributed by atoms with van der Waals surface area (Å²) in [6.45, 7) is 0. The molecule has 0 aliphatic carbocycles. The van der Waals surface area contributed by atoms with Crippen LogP contribution in [0.25, 0.3) is 0 Å². The number of nitrogen functional groups attached to an aromatic ring is 1. The van der Waals surface area contributed by atoms with E-state index in [9.17, 15) is 13.2 Å². The highest BCUT2D eigenvalue weighted by molar-refractivity contribution is 9.10. The third-order valence-electron chi connectivity index (χ3n) is 2.26. The predicted octanol–water partition coefficient (Wildman–Crippen LogP) is 4.24. The smallest absolute Gasteiger partial charge is 0.416 e. The number of alkyl halides is 3. The molecule has 1 aromatic carbocycles. The maximum atomic E-state index is 12.4. The molecular weight excluding hydrogens is 325 g/mol. The number of halogens is 4. The number of nitrogens with zero attached hydrogens (tertiary/aromatic N) is 1. The number of rotatable bonds is 2. The fraction of sp³-hybridized carbons (Fsp3) is 0.0833. The second-order valence-electron chi connectivity index (χ2n) is 3.66. The molecule has 0 spiro atoms. The Kier molecular flexibility index (Phi) is 3.66. The zero-order chi connectivity index (χ0) is 14.0. The van der Waals surface area contributed by atoms with Crippen LogP contribution in [0.1, 0.15) is 5.56 Å². The van der Waals surface area contributed by atoms with Crippen molar-refractivity contribution in [1.29, 1.82) is 0 Å². The van der Waals surface area contributed by atoms with Crippen LogP contribution in [0.3, 0.4) is 0 Å². The molecule has 7 heteroatoms. The molecule has 0 radical (unpaired) electrons. The lowest BCUT2D eigenvalue weighted by Gasteiger charge is -2.10. The number of ether oxygens (including phenoxy) is 1. The van der Waals surface area contributed by atoms with Gasteiger partial charge in [0.05, 0.1) is 5.56 Å². The van der Waals surface area contributed by atoms with Gasteiger partial charge in [0.25, 0.3) is 0 Å². The van der Waals surface area contributed by atoms with Crippen molar-refractivity contribution in [3.05, 3.63) is 46.6 Å². The van der Waals surface area contributed by atoms with Gasteiger partial charge in [-0.1, -0.05) is 0 Å². The molecule has 2 N–H and O–H groups in total. The van der Waals surface area contributed by atoms with E-state index in [0.717, 1.165) is 12.1 Å². The Morgan fingerprint density at radius 2 is 1.79 bits per heavy atom. The van der Waals surface area contributed by atoms with Gasteiger partial charge < -0.3 is 10.5 Å². The zero-order valence-electron chi connectivity index (χ0n) is 9.41. The van der Waals surface area contributed by atoms with E-state index in [1.165, 1.54) is 18.3 Å². The summed E-state index contributed by atoms with van der Waals surface area (Å²) < 4.78 is 43.2. The molecule has 0 atom stereocenters. The normalized spacial score (nSPS) is 11.4. The Morgan fingerprint density at radius 3 is 2.37 bits per heavy atom. The number of benzene rings is 1. The lowest BCUT2D eigenvalue weighted by atomic mass is 10.2. The van der Waals surface area contributed by atoms with Crippen LogP contribution in [0.5, 0.6) is 11.5 Å². The average Bonchev–Trinajstić information content (AvgIpc) is 2.33. The largest absolute Gasteiger partial charge is 0.453 e. The van der Waals surface area contributed by atoms with Gasteiger partial charge in [0.2, 0.25) is 0 Å². The first-order chi connectivity index (χ1) is 8.86. The number of aromatic nitrogens is 1. The van der Waals surface area contributed by atoms with Crippen LogP contribution >= 0.6 is 15.9 Å². The zero-order valence-corrected chi connectivity index (χ0v) is 11.0. The van der Waals surface area contributed by atoms with E-state index in [0.29, 0.717) is 4.47 Å². The molecule has 0 bridgehead atoms. The monoisotopic (exact) mass is 332 g/mol. The van der Waals surface area contributed by atoms with E-state index in [2.05, 4.69) is 20.9 Å². The van der Waals surface area contributed by atoms with E-state index in [1.807, 2.05) is 0 Å². The molecule has 19 heavy (non-hydrogen) atoms. The molecule has 0 amide bonds. The van der Waals surface area contributed by atoms with E-state index in [1.54, 1.807) is 6.07 Å². The summed E-state index contributed by atoms with van der Waals surface area (Å²) in [6.07, 6.45) is -2.87. The van der Waals surface area contributed by atoms with Gasteiger partial charge in [-0.05, 0) is 40.2 Å². The van der Waals surface area contributed by atoms with Gasteiger partial charge in [-0.2, -0.15) is 13.2 Å². The van der Waals surface area contributed by atoms with Crippen LogP contribution in [-0.2, 0) is 6.18 Å². The second-order valence-corrected chi connectivity index (χ2v) is 4.58. The quantitative estimate of drug-likeness (QED) is 0.894. The van der Waals surface area contributed by atoms with Crippen molar-refractivity contribution in [2.45, 2.75) is 6.18 Å². The highest BCUT2D eigenvalue weighted by Gasteiger charge is 2.30. The molecule has 0 unspecified atom stereocenters. The minimum absolute atomic E-state index is 0.156. The van der Waals surface area contributed by atoms with Crippen LogP contribution < -0.4 is 10.5 Å². The summed E-state index contributed by atoms with van der Waals surface area (Å²) in [7, 11) is 0. The molecule has 1 aromatic heterocycles. The van der Waals surface area contributed by atoms with Crippen molar-refractivity contribution in [3.8, 4) is 11.5 Å². The van der Waals surface area contributed by atoms with Gasteiger partial charge in [0, 0.05) is 16.7 Å². The predicted molar refractivity (Wildman–Crippen MR) is 67.9 cm³/mol. The Hall–Kier alpha value is -1.76. The van der Waals surface area contributed by atoms with Crippen LogP contribution in [0, 0.1) is 0 Å². The molecule has 0 aliphatic rings. The molecule has 1 heterocycles. The standard InChI is InChI=1S/C12H8BrF3N2O/c13-8-5-10(11(17)18-6-8)19-9-3-1-7(2-4-9)12(14,15)16/h1-6H,(H2,17,18). The van der Waals surface area contributed by atoms with Crippen molar-refractivity contribution in [1.82, 2.24) is 4.98 Å². The van der Waals surface area contributed by atoms with Crippen molar-refractivity contribution in [2.75, 3.05) is 5.73 Å². The maximum absolute atomic E-state index is 12.4. The van der Waals surface area contributed by atoms with Crippen molar-refractivity contribution in [3.63, 3.8) is 0 Å². The molecule has 0 saturated carbocycles. The van der Waals surface area contributed by atoms with Gasteiger partial charge >= 0.3 is 6.18 Å². The number of hydrogen-bond acceptors (Lipinski definition) is 3. The highest BCUT2D eigenvalue weighted by Crippen LogP contribution is 2.32. The van der Waals surface area contributed by atoms with E-state index >= 15 is 0 Å². The fourth-order valence-electron chi connectivity index (χ4n) is 1.35. The van der Waals surface area contributed by atoms with Crippen LogP contribution in [0.15, 0.2) is 41.0 Å². The van der Waals surface area contributed by atoms with Crippen LogP contribution in [0.4, 0.5) is 19.0 Å². The third kappa shape index (κ3) is 3.37. The molecule has 2 rings (SSSR count). The summed E-state index contributed by atoms with van der Waals surface area (Å²) >= 11 is 3.20. The van der Waals surface area contributed by atoms with Crippen LogP contribution in [0.2, 0.25) is 0 Å². The van der Waals surface area contributed by atoms with Gasteiger partial charge in [0.1, 0.15) is 5.75 Å². The lowest BCUT2D eigenvalue weighted by Crippen LogP contribution is -2.04. The molecule has 100 valence electrons. The van der Waals surface area contributed by atoms with Gasteiger partial charge in [-0.15, -0.1) is 0 Å². The molecule has 0 saturated heterocycles. The van der Waals surface area contributed by atoms with E-state index < -0.39 is 11.7 Å². The van der Waals surface area contributed by atoms with Crippen molar-refractivity contribution < 1.29 is 17.9 Å². The minimum atomic E-state index is -4.37. The average molecular weight is 333 g/mol. The summed E-state index contributed by atoms with van der Waals surface area (Å²) in [5.74, 6) is 0.678. The van der Waals surface area contributed by atoms with Crippen molar-refractivity contribution in [2.24, 2.45) is 0 Å². The highest BCUT2D eigenvalue weighted by atomic mass is 79.9. The molecular formula is C12H8BrF3N2O. The summed E-state index contributed by atoms with van der Waals surface area (Å²) in [4.78, 5) is 3.86. The van der Waals surface area contributed by atoms with E-state index in [4.69, 9.17) is 10.5 Å². The first-order valence-corrected chi connectivity index (χ1v) is 5.92. The molecule has 2 aromatic rings. The lowest BCUT2D eigenvalue weighted by molar-refractivity contribution is -0.137. The number of nitrogens with two attached hydrogens (primary N) is 1. The third-order valence-corrected chi connectivity index (χ3v) is 2.69. The minimum Gasteiger partial charge on any atom is -0.453 e. The maximum Gasteiger partial charge on any atom is 0.416 e.